The second kappa shape index (κ2) is 28.1. The van der Waals surface area contributed by atoms with Gasteiger partial charge in [-0.2, -0.15) is 0 Å². The molecule has 0 unspecified atom stereocenters. The highest BCUT2D eigenvalue weighted by Crippen LogP contribution is 2.07. The molecule has 6 N–H and O–H groups in total. The molecule has 0 aliphatic carbocycles. The Hall–Kier alpha value is -3.18. The molecule has 12 nitrogen and oxygen atoms in total. The minimum absolute atomic E-state index is 0.139. The molecule has 0 bridgehead atoms. The van der Waals surface area contributed by atoms with Gasteiger partial charge < -0.3 is 30.6 Å². The van der Waals surface area contributed by atoms with Gasteiger partial charge in [0, 0.05) is 38.5 Å². The van der Waals surface area contributed by atoms with Gasteiger partial charge in [-0.1, -0.05) is 38.5 Å². The van der Waals surface area contributed by atoms with E-state index in [-0.39, 0.29) is 38.5 Å². The van der Waals surface area contributed by atoms with Crippen LogP contribution in [0.1, 0.15) is 116 Å². The first kappa shape index (κ1) is 37.4. The van der Waals surface area contributed by atoms with Crippen molar-refractivity contribution in [2.75, 3.05) is 0 Å². The Morgan fingerprint density at radius 2 is 0.361 bits per heavy atom. The van der Waals surface area contributed by atoms with E-state index in [0.29, 0.717) is 44.9 Å². The van der Waals surface area contributed by atoms with Crippen LogP contribution in [0.15, 0.2) is 0 Å². The molecule has 0 aromatic heterocycles. The Morgan fingerprint density at radius 1 is 0.250 bits per heavy atom. The Balaban J connectivity index is -0.000000455. The molecule has 0 aliphatic heterocycles. The summed E-state index contributed by atoms with van der Waals surface area (Å²) in [4.78, 5) is 60.3. The number of carboxylic acid groups (broad SMARTS) is 6. The van der Waals surface area contributed by atoms with Gasteiger partial charge in [0.25, 0.3) is 0 Å². The summed E-state index contributed by atoms with van der Waals surface area (Å²) in [6.45, 7) is 0. The van der Waals surface area contributed by atoms with Crippen molar-refractivity contribution in [1.29, 1.82) is 0 Å². The van der Waals surface area contributed by atoms with Crippen LogP contribution >= 0.6 is 0 Å². The third-order valence-corrected chi connectivity index (χ3v) is 4.59. The highest BCUT2D eigenvalue weighted by atomic mass is 16.4. The van der Waals surface area contributed by atoms with E-state index < -0.39 is 35.8 Å². The lowest BCUT2D eigenvalue weighted by atomic mass is 10.1. The molecule has 210 valence electrons. The van der Waals surface area contributed by atoms with Gasteiger partial charge >= 0.3 is 35.8 Å². The summed E-state index contributed by atoms with van der Waals surface area (Å²) in [5.41, 5.74) is 0. The minimum atomic E-state index is -0.819. The molecule has 36 heavy (non-hydrogen) atoms. The van der Waals surface area contributed by atoms with Crippen LogP contribution in [0.2, 0.25) is 0 Å². The highest BCUT2D eigenvalue weighted by Gasteiger charge is 2.00. The fourth-order valence-electron chi connectivity index (χ4n) is 2.72. The Labute approximate surface area is 211 Å². The van der Waals surface area contributed by atoms with E-state index in [2.05, 4.69) is 0 Å². The first-order valence-corrected chi connectivity index (χ1v) is 12.2. The number of rotatable bonds is 21. The molecule has 0 saturated heterocycles. The Kier molecular flexibility index (Phi) is 29.1. The van der Waals surface area contributed by atoms with E-state index in [0.717, 1.165) is 32.1 Å². The predicted octanol–water partition coefficient (Wildman–Crippen LogP) is 4.49. The van der Waals surface area contributed by atoms with Crippen LogP contribution in [-0.4, -0.2) is 66.5 Å². The summed E-state index contributed by atoms with van der Waals surface area (Å²) in [7, 11) is 0. The maximum Gasteiger partial charge on any atom is 0.303 e. The quantitative estimate of drug-likeness (QED) is 0.115. The van der Waals surface area contributed by atoms with Crippen LogP contribution in [-0.2, 0) is 28.8 Å². The lowest BCUT2D eigenvalue weighted by molar-refractivity contribution is -0.138. The smallest absolute Gasteiger partial charge is 0.303 e. The molecule has 0 atom stereocenters. The van der Waals surface area contributed by atoms with Crippen molar-refractivity contribution in [3.8, 4) is 0 Å². The summed E-state index contributed by atoms with van der Waals surface area (Å²) in [5.74, 6) is -4.72. The number of carboxylic acids is 6. The fourth-order valence-corrected chi connectivity index (χ4v) is 2.72. The normalized spacial score (nSPS) is 9.67. The molecule has 0 rings (SSSR count). The van der Waals surface area contributed by atoms with Crippen LogP contribution in [0.5, 0.6) is 0 Å². The minimum Gasteiger partial charge on any atom is -0.481 e. The van der Waals surface area contributed by atoms with Crippen LogP contribution in [0.3, 0.4) is 0 Å². The van der Waals surface area contributed by atoms with Gasteiger partial charge in [-0.3, -0.25) is 28.8 Å². The van der Waals surface area contributed by atoms with E-state index in [4.69, 9.17) is 30.6 Å². The Bertz CT molecular complexity index is 579. The molecule has 0 aromatic rings. The van der Waals surface area contributed by atoms with Gasteiger partial charge in [0.15, 0.2) is 0 Å². The van der Waals surface area contributed by atoms with Gasteiger partial charge in [-0.15, -0.1) is 0 Å². The van der Waals surface area contributed by atoms with Crippen LogP contribution in [0, 0.1) is 0 Å². The third-order valence-electron chi connectivity index (χ3n) is 4.59. The SMILES string of the molecule is O=C(O)CCCCCC(=O)O.O=C(O)CCCCCCC(=O)O.O=C(O)CCCCCCCC(=O)O. The largest absolute Gasteiger partial charge is 0.481 e. The van der Waals surface area contributed by atoms with E-state index in [1.807, 2.05) is 0 Å². The summed E-state index contributed by atoms with van der Waals surface area (Å²) >= 11 is 0. The van der Waals surface area contributed by atoms with Crippen LogP contribution in [0.25, 0.3) is 0 Å². The lowest BCUT2D eigenvalue weighted by Crippen LogP contribution is -1.96. The molecule has 0 saturated carbocycles. The molecule has 0 heterocycles. The second-order valence-corrected chi connectivity index (χ2v) is 8.11. The van der Waals surface area contributed by atoms with E-state index in [9.17, 15) is 28.8 Å². The average Bonchev–Trinajstić information content (AvgIpc) is 2.75. The fraction of sp³-hybridized carbons (Fsp3) is 0.750. The van der Waals surface area contributed by atoms with Gasteiger partial charge in [0.1, 0.15) is 0 Å². The maximum atomic E-state index is 10.1. The van der Waals surface area contributed by atoms with Crippen molar-refractivity contribution < 1.29 is 59.4 Å². The second-order valence-electron chi connectivity index (χ2n) is 8.11. The zero-order chi connectivity index (χ0) is 28.2. The number of hydrogen-bond donors (Lipinski definition) is 6. The maximum absolute atomic E-state index is 10.1. The summed E-state index contributed by atoms with van der Waals surface area (Å²) in [5, 5.41) is 49.6. The Morgan fingerprint density at radius 3 is 0.500 bits per heavy atom. The zero-order valence-corrected chi connectivity index (χ0v) is 20.9. The summed E-state index contributed by atoms with van der Waals surface area (Å²) in [6.07, 6.45) is 9.91. The van der Waals surface area contributed by atoms with E-state index >= 15 is 0 Å². The standard InChI is InChI=1S/C9H16O4.C8H14O4.C7H12O4/c10-8(11)6-4-2-1-3-5-7-9(12)13;9-7(10)5-3-1-2-4-6-8(11)12;8-6(9)4-2-1-3-5-7(10)11/h1-7H2,(H,10,11)(H,12,13);1-6H2,(H,9,10)(H,11,12);1-5H2,(H,8,9)(H,10,11). The van der Waals surface area contributed by atoms with Gasteiger partial charge in [0.2, 0.25) is 0 Å². The van der Waals surface area contributed by atoms with Crippen LogP contribution in [0.4, 0.5) is 0 Å². The average molecular weight is 523 g/mol. The van der Waals surface area contributed by atoms with Crippen molar-refractivity contribution in [2.45, 2.75) is 116 Å². The van der Waals surface area contributed by atoms with E-state index in [1.165, 1.54) is 0 Å². The van der Waals surface area contributed by atoms with E-state index in [1.54, 1.807) is 0 Å². The molecule has 0 fully saturated rings. The van der Waals surface area contributed by atoms with Gasteiger partial charge in [-0.05, 0) is 38.5 Å². The number of unbranched alkanes of at least 4 members (excludes halogenated alkanes) is 9. The van der Waals surface area contributed by atoms with Crippen molar-refractivity contribution in [1.82, 2.24) is 0 Å². The molecular formula is C24H42O12. The topological polar surface area (TPSA) is 224 Å². The highest BCUT2D eigenvalue weighted by molar-refractivity contribution is 5.68. The monoisotopic (exact) mass is 522 g/mol. The zero-order valence-electron chi connectivity index (χ0n) is 20.9. The molecule has 0 amide bonds. The summed E-state index contributed by atoms with van der Waals surface area (Å²) in [6, 6.07) is 0. The van der Waals surface area contributed by atoms with Crippen LogP contribution < -0.4 is 0 Å². The first-order chi connectivity index (χ1) is 16.9. The predicted molar refractivity (Wildman–Crippen MR) is 129 cm³/mol. The van der Waals surface area contributed by atoms with Crippen molar-refractivity contribution >= 4 is 35.8 Å². The van der Waals surface area contributed by atoms with Crippen molar-refractivity contribution in [3.05, 3.63) is 0 Å². The van der Waals surface area contributed by atoms with Gasteiger partial charge in [0.05, 0.1) is 0 Å². The molecule has 12 heteroatoms. The molecule has 0 aliphatic rings. The van der Waals surface area contributed by atoms with Gasteiger partial charge in [-0.25, -0.2) is 0 Å². The number of aliphatic carboxylic acids is 6. The molecule has 0 aromatic carbocycles. The number of hydrogen-bond acceptors (Lipinski definition) is 6. The first-order valence-electron chi connectivity index (χ1n) is 12.2. The summed E-state index contributed by atoms with van der Waals surface area (Å²) < 4.78 is 0. The molecule has 0 radical (unpaired) electrons. The third kappa shape index (κ3) is 48.3. The van der Waals surface area contributed by atoms with Crippen molar-refractivity contribution in [3.63, 3.8) is 0 Å². The van der Waals surface area contributed by atoms with Crippen molar-refractivity contribution in [2.24, 2.45) is 0 Å². The number of carbonyl (C=O) groups is 6. The lowest BCUT2D eigenvalue weighted by Gasteiger charge is -1.97. The molecular weight excluding hydrogens is 480 g/mol. The molecule has 0 spiro atoms.